The first-order valence-electron chi connectivity index (χ1n) is 11.5. The molecule has 36 heavy (non-hydrogen) atoms. The topological polar surface area (TPSA) is 149 Å². The van der Waals surface area contributed by atoms with Crippen molar-refractivity contribution in [1.82, 2.24) is 29.5 Å². The molecule has 0 saturated carbocycles. The number of aliphatic hydroxyl groups excluding tert-OH is 1. The molecule has 1 atom stereocenters. The number of rotatable bonds is 10. The number of nitrogen functional groups attached to an aromatic ring is 1. The van der Waals surface area contributed by atoms with Gasteiger partial charge >= 0.3 is 0 Å². The highest BCUT2D eigenvalue weighted by molar-refractivity contribution is 7.89. The number of anilines is 1. The predicted octanol–water partition coefficient (Wildman–Crippen LogP) is 2.64. The first-order chi connectivity index (χ1) is 17.3. The van der Waals surface area contributed by atoms with E-state index in [1.54, 1.807) is 41.5 Å². The van der Waals surface area contributed by atoms with E-state index in [1.165, 1.54) is 6.20 Å². The molecule has 3 heterocycles. The minimum Gasteiger partial charge on any atom is -0.396 e. The Labute approximate surface area is 210 Å². The van der Waals surface area contributed by atoms with Gasteiger partial charge in [0.15, 0.2) is 0 Å². The quantitative estimate of drug-likeness (QED) is 0.297. The lowest BCUT2D eigenvalue weighted by Crippen LogP contribution is -2.26. The summed E-state index contributed by atoms with van der Waals surface area (Å²) in [4.78, 5) is 13.2. The Morgan fingerprint density at radius 3 is 2.69 bits per heavy atom. The van der Waals surface area contributed by atoms with Crippen molar-refractivity contribution in [2.45, 2.75) is 31.7 Å². The van der Waals surface area contributed by atoms with Crippen molar-refractivity contribution < 1.29 is 13.5 Å². The lowest BCUT2D eigenvalue weighted by atomic mass is 10.1. The predicted molar refractivity (Wildman–Crippen MR) is 137 cm³/mol. The van der Waals surface area contributed by atoms with Crippen LogP contribution in [0.3, 0.4) is 0 Å². The van der Waals surface area contributed by atoms with Crippen LogP contribution >= 0.6 is 0 Å². The van der Waals surface area contributed by atoms with Gasteiger partial charge in [-0.15, -0.1) is 0 Å². The molecule has 3 aromatic heterocycles. The Balaban J connectivity index is 1.61. The highest BCUT2D eigenvalue weighted by atomic mass is 32.2. The molecule has 0 saturated heterocycles. The molecule has 0 aliphatic carbocycles. The smallest absolute Gasteiger partial charge is 0.240 e. The minimum absolute atomic E-state index is 0.0111. The Morgan fingerprint density at radius 2 is 1.94 bits per heavy atom. The zero-order valence-corrected chi connectivity index (χ0v) is 21.0. The summed E-state index contributed by atoms with van der Waals surface area (Å²) in [5.74, 6) is 0.266. The second-order valence-electron chi connectivity index (χ2n) is 8.72. The van der Waals surface area contributed by atoms with Crippen molar-refractivity contribution in [1.29, 1.82) is 0 Å². The van der Waals surface area contributed by atoms with E-state index in [4.69, 9.17) is 15.8 Å². The second-order valence-corrected chi connectivity index (χ2v) is 10.5. The van der Waals surface area contributed by atoms with E-state index in [0.29, 0.717) is 35.5 Å². The van der Waals surface area contributed by atoms with E-state index in [2.05, 4.69) is 19.8 Å². The van der Waals surface area contributed by atoms with E-state index in [9.17, 15) is 8.42 Å². The summed E-state index contributed by atoms with van der Waals surface area (Å²) in [6, 6.07) is 8.73. The first kappa shape index (κ1) is 25.4. The third-order valence-corrected chi connectivity index (χ3v) is 7.30. The van der Waals surface area contributed by atoms with Gasteiger partial charge in [0.2, 0.25) is 10.0 Å². The van der Waals surface area contributed by atoms with E-state index >= 15 is 0 Å². The van der Waals surface area contributed by atoms with Crippen LogP contribution in [-0.4, -0.2) is 51.4 Å². The van der Waals surface area contributed by atoms with Crippen molar-refractivity contribution in [2.75, 3.05) is 18.9 Å². The fourth-order valence-electron chi connectivity index (χ4n) is 3.65. The number of nitrogens with two attached hydrogens (primary N) is 1. The molecule has 0 spiro atoms. The standard InChI is InChI=1S/C25H29N7O3S/c1-17(16-33)5-10-30-36(34,35)21-4-3-18(2)22(11-21)23-13-28-25(26)24(31-23)20-12-29-32(15-20)14-19-6-8-27-9-7-19/h3-4,6-9,11-13,15,17,30,33H,5,10,14,16H2,1-2H3,(H2,26,28). The number of benzene rings is 1. The molecule has 0 fully saturated rings. The molecule has 4 aromatic rings. The molecule has 188 valence electrons. The van der Waals surface area contributed by atoms with Gasteiger partial charge in [-0.05, 0) is 54.7 Å². The second kappa shape index (κ2) is 10.9. The maximum Gasteiger partial charge on any atom is 0.240 e. The Morgan fingerprint density at radius 1 is 1.17 bits per heavy atom. The molecular weight excluding hydrogens is 478 g/mol. The van der Waals surface area contributed by atoms with Gasteiger partial charge in [0.05, 0.1) is 29.5 Å². The number of hydrogen-bond donors (Lipinski definition) is 3. The number of sulfonamides is 1. The minimum atomic E-state index is -3.73. The number of aryl methyl sites for hydroxylation is 1. The molecule has 1 unspecified atom stereocenters. The Kier molecular flexibility index (Phi) is 7.73. The number of nitrogens with zero attached hydrogens (tertiary/aromatic N) is 5. The first-order valence-corrected chi connectivity index (χ1v) is 13.0. The van der Waals surface area contributed by atoms with Crippen LogP contribution in [0, 0.1) is 12.8 Å². The third-order valence-electron chi connectivity index (χ3n) is 5.84. The molecule has 1 aromatic carbocycles. The van der Waals surface area contributed by atoms with Crippen molar-refractivity contribution in [3.8, 4) is 22.5 Å². The molecule has 0 radical (unpaired) electrons. The van der Waals surface area contributed by atoms with E-state index in [1.807, 2.05) is 32.2 Å². The van der Waals surface area contributed by atoms with Crippen molar-refractivity contribution >= 4 is 15.8 Å². The van der Waals surface area contributed by atoms with Gasteiger partial charge in [-0.25, -0.2) is 23.1 Å². The molecule has 0 aliphatic rings. The largest absolute Gasteiger partial charge is 0.396 e. The van der Waals surface area contributed by atoms with E-state index in [-0.39, 0.29) is 29.8 Å². The lowest BCUT2D eigenvalue weighted by Gasteiger charge is -2.12. The van der Waals surface area contributed by atoms with Crippen molar-refractivity contribution in [2.24, 2.45) is 5.92 Å². The highest BCUT2D eigenvalue weighted by Gasteiger charge is 2.18. The maximum atomic E-state index is 12.8. The monoisotopic (exact) mass is 507 g/mol. The lowest BCUT2D eigenvalue weighted by molar-refractivity contribution is 0.231. The van der Waals surface area contributed by atoms with Gasteiger partial charge in [0.1, 0.15) is 11.5 Å². The zero-order valence-electron chi connectivity index (χ0n) is 20.2. The van der Waals surface area contributed by atoms with Crippen LogP contribution < -0.4 is 10.5 Å². The van der Waals surface area contributed by atoms with Crippen LogP contribution in [0.5, 0.6) is 0 Å². The molecule has 4 rings (SSSR count). The van der Waals surface area contributed by atoms with E-state index in [0.717, 1.165) is 11.1 Å². The summed E-state index contributed by atoms with van der Waals surface area (Å²) >= 11 is 0. The number of nitrogens with one attached hydrogen (secondary N) is 1. The van der Waals surface area contributed by atoms with E-state index < -0.39 is 10.0 Å². The fourth-order valence-corrected chi connectivity index (χ4v) is 4.72. The molecule has 11 heteroatoms. The molecule has 10 nitrogen and oxygen atoms in total. The van der Waals surface area contributed by atoms with Crippen molar-refractivity contribution in [3.05, 3.63) is 72.4 Å². The van der Waals surface area contributed by atoms with Crippen LogP contribution in [-0.2, 0) is 16.6 Å². The third kappa shape index (κ3) is 5.93. The summed E-state index contributed by atoms with van der Waals surface area (Å²) in [5, 5.41) is 13.6. The van der Waals surface area contributed by atoms with Crippen LogP contribution in [0.4, 0.5) is 5.82 Å². The Bertz CT molecular complexity index is 1440. The fraction of sp³-hybridized carbons (Fsp3) is 0.280. The van der Waals surface area contributed by atoms with Crippen LogP contribution in [0.15, 0.2) is 66.2 Å². The molecule has 4 N–H and O–H groups in total. The Hall–Kier alpha value is -3.67. The number of hydrogen-bond acceptors (Lipinski definition) is 8. The number of aromatic nitrogens is 5. The van der Waals surface area contributed by atoms with Gasteiger partial charge in [0.25, 0.3) is 0 Å². The zero-order chi connectivity index (χ0) is 25.7. The van der Waals surface area contributed by atoms with Crippen LogP contribution in [0.25, 0.3) is 22.5 Å². The average Bonchev–Trinajstić information content (AvgIpc) is 3.33. The van der Waals surface area contributed by atoms with Gasteiger partial charge in [0, 0.05) is 42.9 Å². The summed E-state index contributed by atoms with van der Waals surface area (Å²) in [7, 11) is -3.73. The highest BCUT2D eigenvalue weighted by Crippen LogP contribution is 2.29. The van der Waals surface area contributed by atoms with Gasteiger partial charge in [-0.3, -0.25) is 9.67 Å². The van der Waals surface area contributed by atoms with Crippen LogP contribution in [0.2, 0.25) is 0 Å². The summed E-state index contributed by atoms with van der Waals surface area (Å²) in [6.07, 6.45) is 9.06. The number of pyridine rings is 1. The average molecular weight is 508 g/mol. The van der Waals surface area contributed by atoms with Crippen molar-refractivity contribution in [3.63, 3.8) is 0 Å². The number of aliphatic hydroxyl groups is 1. The molecular formula is C25H29N7O3S. The van der Waals surface area contributed by atoms with Gasteiger partial charge < -0.3 is 10.8 Å². The van der Waals surface area contributed by atoms with Crippen LogP contribution in [0.1, 0.15) is 24.5 Å². The van der Waals surface area contributed by atoms with Gasteiger partial charge in [-0.1, -0.05) is 13.0 Å². The maximum absolute atomic E-state index is 12.8. The molecule has 0 bridgehead atoms. The molecule has 0 aliphatic heterocycles. The summed E-state index contributed by atoms with van der Waals surface area (Å²) in [6.45, 7) is 4.56. The summed E-state index contributed by atoms with van der Waals surface area (Å²) < 4.78 is 30.1. The SMILES string of the molecule is Cc1ccc(S(=O)(=O)NCCC(C)CO)cc1-c1cnc(N)c(-c2cnn(Cc3ccncc3)c2)n1. The van der Waals surface area contributed by atoms with Gasteiger partial charge in [-0.2, -0.15) is 5.10 Å². The summed E-state index contributed by atoms with van der Waals surface area (Å²) in [5.41, 5.74) is 10.4. The molecule has 0 amide bonds. The normalized spacial score (nSPS) is 12.5.